The van der Waals surface area contributed by atoms with Crippen molar-refractivity contribution in [2.24, 2.45) is 5.92 Å². The Bertz CT molecular complexity index is 837. The quantitative estimate of drug-likeness (QED) is 0.639. The molecule has 0 radical (unpaired) electrons. The molecule has 0 unspecified atom stereocenters. The number of carbonyl (C=O) groups is 2. The highest BCUT2D eigenvalue weighted by Crippen LogP contribution is 2.28. The Hall–Kier alpha value is -2.14. The number of nitrogens with one attached hydrogen (secondary N) is 2. The second kappa shape index (κ2) is 9.12. The van der Waals surface area contributed by atoms with Crippen LogP contribution in [-0.4, -0.2) is 49.8 Å². The molecule has 1 aliphatic rings. The number of amides is 2. The fourth-order valence-electron chi connectivity index (χ4n) is 3.11. The van der Waals surface area contributed by atoms with E-state index in [4.69, 9.17) is 0 Å². The van der Waals surface area contributed by atoms with Crippen molar-refractivity contribution in [1.29, 1.82) is 0 Å². The van der Waals surface area contributed by atoms with Gasteiger partial charge >= 0.3 is 6.18 Å². The molecule has 7 nitrogen and oxygen atoms in total. The summed E-state index contributed by atoms with van der Waals surface area (Å²) in [6, 6.07) is 4.00. The van der Waals surface area contributed by atoms with E-state index in [1.165, 1.54) is 28.6 Å². The number of sulfonamides is 1. The van der Waals surface area contributed by atoms with Gasteiger partial charge in [-0.1, -0.05) is 26.0 Å². The van der Waals surface area contributed by atoms with Gasteiger partial charge in [-0.25, -0.2) is 8.42 Å². The molecular formula is C18H24F3N3O4S. The van der Waals surface area contributed by atoms with Gasteiger partial charge in [0.25, 0.3) is 0 Å². The van der Waals surface area contributed by atoms with Gasteiger partial charge in [-0.05, 0) is 30.5 Å². The molecule has 1 aliphatic heterocycles. The summed E-state index contributed by atoms with van der Waals surface area (Å²) < 4.78 is 64.2. The third kappa shape index (κ3) is 5.47. The smallest absolute Gasteiger partial charge is 0.351 e. The van der Waals surface area contributed by atoms with Crippen LogP contribution < -0.4 is 10.6 Å². The van der Waals surface area contributed by atoms with E-state index in [9.17, 15) is 31.2 Å². The number of hydrogen-bond donors (Lipinski definition) is 2. The van der Waals surface area contributed by atoms with Crippen molar-refractivity contribution in [2.75, 3.05) is 13.1 Å². The second-order valence-corrected chi connectivity index (χ2v) is 8.62. The van der Waals surface area contributed by atoms with Crippen LogP contribution in [0.5, 0.6) is 0 Å². The number of benzene rings is 1. The molecule has 2 rings (SSSR count). The van der Waals surface area contributed by atoms with E-state index < -0.39 is 40.0 Å². The summed E-state index contributed by atoms with van der Waals surface area (Å²) in [5, 5.41) is 4.35. The maximum Gasteiger partial charge on any atom is 0.408 e. The normalized spacial score (nSPS) is 20.4. The van der Waals surface area contributed by atoms with Crippen molar-refractivity contribution in [3.8, 4) is 0 Å². The summed E-state index contributed by atoms with van der Waals surface area (Å²) in [4.78, 5) is 24.1. The van der Waals surface area contributed by atoms with Crippen molar-refractivity contribution in [1.82, 2.24) is 14.9 Å². The maximum atomic E-state index is 12.7. The standard InChI is InChI=1S/C18H24F3N3O4S/c1-3-24(4-2)29(27,28)13-7-5-12(6-8-13)11-22-16(25)14-9-10-15(18(19,20)21)23-17(14)26/h5-8,14-15H,3-4,9-11H2,1-2H3,(H,22,25)(H,23,26)/t14-,15-/m0/s1. The number of piperidine rings is 1. The molecule has 11 heteroatoms. The molecule has 1 fully saturated rings. The van der Waals surface area contributed by atoms with Crippen molar-refractivity contribution in [2.45, 2.75) is 50.3 Å². The summed E-state index contributed by atoms with van der Waals surface area (Å²) in [6.45, 7) is 4.19. The molecule has 1 aromatic carbocycles. The van der Waals surface area contributed by atoms with Crippen LogP contribution >= 0.6 is 0 Å². The highest BCUT2D eigenvalue weighted by Gasteiger charge is 2.45. The number of rotatable bonds is 7. The minimum atomic E-state index is -4.54. The van der Waals surface area contributed by atoms with Crippen LogP contribution in [0.1, 0.15) is 32.3 Å². The summed E-state index contributed by atoms with van der Waals surface area (Å²) in [5.74, 6) is -2.80. The van der Waals surface area contributed by atoms with Crippen molar-refractivity contribution >= 4 is 21.8 Å². The van der Waals surface area contributed by atoms with Crippen LogP contribution in [-0.2, 0) is 26.2 Å². The first-order valence-corrected chi connectivity index (χ1v) is 10.7. The Kier molecular flexibility index (Phi) is 7.28. The van der Waals surface area contributed by atoms with Crippen LogP contribution in [0.3, 0.4) is 0 Å². The van der Waals surface area contributed by atoms with Crippen molar-refractivity contribution in [3.05, 3.63) is 29.8 Å². The minimum Gasteiger partial charge on any atom is -0.351 e. The van der Waals surface area contributed by atoms with E-state index >= 15 is 0 Å². The Balaban J connectivity index is 1.95. The Labute approximate surface area is 167 Å². The summed E-state index contributed by atoms with van der Waals surface area (Å²) in [5.41, 5.74) is 0.598. The van der Waals surface area contributed by atoms with E-state index in [0.717, 1.165) is 0 Å². The van der Waals surface area contributed by atoms with Crippen LogP contribution in [0, 0.1) is 5.92 Å². The molecule has 29 heavy (non-hydrogen) atoms. The van der Waals surface area contributed by atoms with E-state index in [1.54, 1.807) is 13.8 Å². The van der Waals surface area contributed by atoms with Crippen LogP contribution in [0.4, 0.5) is 13.2 Å². The number of nitrogens with zero attached hydrogens (tertiary/aromatic N) is 1. The van der Waals surface area contributed by atoms with E-state index in [0.29, 0.717) is 18.7 Å². The van der Waals surface area contributed by atoms with Crippen molar-refractivity contribution in [3.63, 3.8) is 0 Å². The molecule has 162 valence electrons. The molecule has 2 N–H and O–H groups in total. The topological polar surface area (TPSA) is 95.6 Å². The number of hydrogen-bond acceptors (Lipinski definition) is 4. The molecule has 0 spiro atoms. The SMILES string of the molecule is CCN(CC)S(=O)(=O)c1ccc(CNC(=O)[C@@H]2CC[C@@H](C(F)(F)F)NC2=O)cc1. The third-order valence-electron chi connectivity index (χ3n) is 4.82. The van der Waals surface area contributed by atoms with Crippen LogP contribution in [0.25, 0.3) is 0 Å². The largest absolute Gasteiger partial charge is 0.408 e. The van der Waals surface area contributed by atoms with Crippen LogP contribution in [0.15, 0.2) is 29.2 Å². The Morgan fingerprint density at radius 1 is 1.17 bits per heavy atom. The second-order valence-electron chi connectivity index (χ2n) is 6.68. The lowest BCUT2D eigenvalue weighted by Crippen LogP contribution is -2.54. The van der Waals surface area contributed by atoms with Gasteiger partial charge in [0.2, 0.25) is 21.8 Å². The van der Waals surface area contributed by atoms with Crippen molar-refractivity contribution < 1.29 is 31.2 Å². The zero-order valence-electron chi connectivity index (χ0n) is 16.1. The monoisotopic (exact) mass is 435 g/mol. The molecule has 0 bridgehead atoms. The Morgan fingerprint density at radius 3 is 2.24 bits per heavy atom. The van der Waals surface area contributed by atoms with Gasteiger partial charge in [0.1, 0.15) is 12.0 Å². The molecule has 0 aromatic heterocycles. The molecule has 2 amide bonds. The highest BCUT2D eigenvalue weighted by molar-refractivity contribution is 7.89. The molecule has 0 aliphatic carbocycles. The molecular weight excluding hydrogens is 411 g/mol. The maximum absolute atomic E-state index is 12.7. The minimum absolute atomic E-state index is 0.0247. The van der Waals surface area contributed by atoms with Gasteiger partial charge in [0.05, 0.1) is 4.90 Å². The average molecular weight is 435 g/mol. The van der Waals surface area contributed by atoms with Gasteiger partial charge in [-0.2, -0.15) is 17.5 Å². The van der Waals surface area contributed by atoms with Gasteiger partial charge < -0.3 is 10.6 Å². The lowest BCUT2D eigenvalue weighted by atomic mass is 9.93. The lowest BCUT2D eigenvalue weighted by Gasteiger charge is -2.29. The fraction of sp³-hybridized carbons (Fsp3) is 0.556. The van der Waals surface area contributed by atoms with Gasteiger partial charge in [-0.15, -0.1) is 0 Å². The first kappa shape index (κ1) is 23.1. The average Bonchev–Trinajstić information content (AvgIpc) is 2.66. The van der Waals surface area contributed by atoms with Gasteiger partial charge in [-0.3, -0.25) is 9.59 Å². The number of carbonyl (C=O) groups excluding carboxylic acids is 2. The molecule has 1 aromatic rings. The predicted octanol–water partition coefficient (Wildman–Crippen LogP) is 1.79. The third-order valence-corrected chi connectivity index (χ3v) is 6.89. The number of alkyl halides is 3. The molecule has 0 saturated carbocycles. The van der Waals surface area contributed by atoms with E-state index in [-0.39, 0.29) is 24.3 Å². The zero-order valence-corrected chi connectivity index (χ0v) is 16.9. The summed E-state index contributed by atoms with van der Waals surface area (Å²) >= 11 is 0. The van der Waals surface area contributed by atoms with Gasteiger partial charge in [0, 0.05) is 19.6 Å². The zero-order chi connectivity index (χ0) is 21.8. The highest BCUT2D eigenvalue weighted by atomic mass is 32.2. The summed E-state index contributed by atoms with van der Waals surface area (Å²) in [6.07, 6.45) is -5.08. The first-order chi connectivity index (χ1) is 13.5. The number of halogens is 3. The Morgan fingerprint density at radius 2 is 1.76 bits per heavy atom. The van der Waals surface area contributed by atoms with E-state index in [1.807, 2.05) is 5.32 Å². The van der Waals surface area contributed by atoms with Crippen LogP contribution in [0.2, 0.25) is 0 Å². The predicted molar refractivity (Wildman–Crippen MR) is 99.1 cm³/mol. The lowest BCUT2D eigenvalue weighted by molar-refractivity contribution is -0.171. The first-order valence-electron chi connectivity index (χ1n) is 9.24. The fourth-order valence-corrected chi connectivity index (χ4v) is 4.57. The molecule has 1 saturated heterocycles. The van der Waals surface area contributed by atoms with E-state index in [2.05, 4.69) is 5.32 Å². The molecule has 2 atom stereocenters. The summed E-state index contributed by atoms with van der Waals surface area (Å²) in [7, 11) is -3.59. The molecule has 1 heterocycles. The van der Waals surface area contributed by atoms with Gasteiger partial charge in [0.15, 0.2) is 0 Å².